The first-order chi connectivity index (χ1) is 15.8. The maximum atomic E-state index is 12.6. The SMILES string of the molecule is CCCCCCCCCCCCC(=O)N1CCC(C2CCN(C(=O)OC(C)(C)C)CC2)CC1. The predicted molar refractivity (Wildman–Crippen MR) is 136 cm³/mol. The van der Waals surface area contributed by atoms with Gasteiger partial charge in [-0.05, 0) is 64.7 Å². The second kappa shape index (κ2) is 14.9. The van der Waals surface area contributed by atoms with Gasteiger partial charge in [-0.3, -0.25) is 4.79 Å². The van der Waals surface area contributed by atoms with Gasteiger partial charge in [-0.1, -0.05) is 64.7 Å². The average molecular weight is 465 g/mol. The normalized spacial score (nSPS) is 18.5. The first kappa shape index (κ1) is 28.0. The molecule has 5 heteroatoms. The Labute approximate surface area is 204 Å². The van der Waals surface area contributed by atoms with E-state index in [0.717, 1.165) is 64.7 Å². The molecular formula is C28H52N2O3. The molecule has 0 bridgehead atoms. The summed E-state index contributed by atoms with van der Waals surface area (Å²) >= 11 is 0. The van der Waals surface area contributed by atoms with Crippen LogP contribution in [0.5, 0.6) is 0 Å². The lowest BCUT2D eigenvalue weighted by atomic mass is 9.79. The van der Waals surface area contributed by atoms with E-state index in [0.29, 0.717) is 17.7 Å². The fourth-order valence-electron chi connectivity index (χ4n) is 5.42. The molecule has 0 aromatic heterocycles. The topological polar surface area (TPSA) is 49.9 Å². The number of hydrogen-bond acceptors (Lipinski definition) is 3. The molecule has 0 spiro atoms. The van der Waals surface area contributed by atoms with Crippen molar-refractivity contribution in [3.05, 3.63) is 0 Å². The molecule has 2 aliphatic rings. The van der Waals surface area contributed by atoms with E-state index in [9.17, 15) is 9.59 Å². The molecule has 0 saturated carbocycles. The highest BCUT2D eigenvalue weighted by Gasteiger charge is 2.33. The Hall–Kier alpha value is -1.26. The zero-order valence-corrected chi connectivity index (χ0v) is 22.2. The van der Waals surface area contributed by atoms with Crippen LogP contribution in [0.15, 0.2) is 0 Å². The molecule has 2 fully saturated rings. The van der Waals surface area contributed by atoms with Crippen molar-refractivity contribution in [2.75, 3.05) is 26.2 Å². The van der Waals surface area contributed by atoms with Crippen LogP contribution in [0.4, 0.5) is 4.79 Å². The quantitative estimate of drug-likeness (QED) is 0.287. The Morgan fingerprint density at radius 2 is 1.12 bits per heavy atom. The van der Waals surface area contributed by atoms with Crippen molar-refractivity contribution in [1.82, 2.24) is 9.80 Å². The van der Waals surface area contributed by atoms with Crippen molar-refractivity contribution in [2.45, 2.75) is 130 Å². The number of likely N-dealkylation sites (tertiary alicyclic amines) is 2. The molecule has 0 aromatic rings. The van der Waals surface area contributed by atoms with Crippen molar-refractivity contribution in [3.63, 3.8) is 0 Å². The third-order valence-corrected chi connectivity index (χ3v) is 7.49. The monoisotopic (exact) mass is 464 g/mol. The zero-order valence-electron chi connectivity index (χ0n) is 22.2. The first-order valence-corrected chi connectivity index (χ1v) is 14.1. The van der Waals surface area contributed by atoms with Gasteiger partial charge >= 0.3 is 6.09 Å². The highest BCUT2D eigenvalue weighted by Crippen LogP contribution is 2.33. The summed E-state index contributed by atoms with van der Waals surface area (Å²) in [6.45, 7) is 11.5. The van der Waals surface area contributed by atoms with Crippen LogP contribution in [0, 0.1) is 11.8 Å². The van der Waals surface area contributed by atoms with Gasteiger partial charge in [-0.2, -0.15) is 0 Å². The second-order valence-corrected chi connectivity index (χ2v) is 11.5. The molecule has 0 aliphatic carbocycles. The van der Waals surface area contributed by atoms with Crippen LogP contribution in [0.25, 0.3) is 0 Å². The standard InChI is InChI=1S/C28H52N2O3/c1-5-6-7-8-9-10-11-12-13-14-15-26(31)29-20-16-24(17-21-29)25-18-22-30(23-19-25)27(32)33-28(2,3)4/h24-25H,5-23H2,1-4H3. The minimum atomic E-state index is -0.429. The Morgan fingerprint density at radius 1 is 0.697 bits per heavy atom. The summed E-state index contributed by atoms with van der Waals surface area (Å²) in [5.74, 6) is 1.75. The summed E-state index contributed by atoms with van der Waals surface area (Å²) in [7, 11) is 0. The maximum Gasteiger partial charge on any atom is 0.410 e. The Bertz CT molecular complexity index is 556. The van der Waals surface area contributed by atoms with E-state index in [2.05, 4.69) is 11.8 Å². The van der Waals surface area contributed by atoms with Crippen LogP contribution in [0.3, 0.4) is 0 Å². The second-order valence-electron chi connectivity index (χ2n) is 11.5. The first-order valence-electron chi connectivity index (χ1n) is 14.1. The molecule has 0 aromatic carbocycles. The van der Waals surface area contributed by atoms with Gasteiger partial charge in [0.2, 0.25) is 5.91 Å². The van der Waals surface area contributed by atoms with Gasteiger partial charge in [0.1, 0.15) is 5.60 Å². The van der Waals surface area contributed by atoms with E-state index < -0.39 is 5.60 Å². The predicted octanol–water partition coefficient (Wildman–Crippen LogP) is 7.18. The van der Waals surface area contributed by atoms with Gasteiger partial charge in [0, 0.05) is 32.6 Å². The molecule has 2 heterocycles. The molecule has 0 atom stereocenters. The molecule has 192 valence electrons. The number of piperidine rings is 2. The van der Waals surface area contributed by atoms with E-state index >= 15 is 0 Å². The number of amides is 2. The average Bonchev–Trinajstić information content (AvgIpc) is 2.79. The number of ether oxygens (including phenoxy) is 1. The number of carbonyl (C=O) groups excluding carboxylic acids is 2. The maximum absolute atomic E-state index is 12.6. The Balaban J connectivity index is 1.52. The Kier molecular flexibility index (Phi) is 12.6. The molecule has 5 nitrogen and oxygen atoms in total. The zero-order chi connectivity index (χ0) is 24.1. The van der Waals surface area contributed by atoms with Crippen molar-refractivity contribution < 1.29 is 14.3 Å². The molecule has 0 radical (unpaired) electrons. The summed E-state index contributed by atoms with van der Waals surface area (Å²) in [5.41, 5.74) is -0.429. The van der Waals surface area contributed by atoms with E-state index in [-0.39, 0.29) is 6.09 Å². The number of unbranched alkanes of at least 4 members (excludes halogenated alkanes) is 9. The van der Waals surface area contributed by atoms with Crippen molar-refractivity contribution in [2.24, 2.45) is 11.8 Å². The largest absolute Gasteiger partial charge is 0.444 e. The van der Waals surface area contributed by atoms with Gasteiger partial charge in [0.05, 0.1) is 0 Å². The van der Waals surface area contributed by atoms with Crippen molar-refractivity contribution in [1.29, 1.82) is 0 Å². The minimum absolute atomic E-state index is 0.173. The molecule has 2 rings (SSSR count). The highest BCUT2D eigenvalue weighted by molar-refractivity contribution is 5.76. The summed E-state index contributed by atoms with van der Waals surface area (Å²) in [4.78, 5) is 28.9. The number of hydrogen-bond donors (Lipinski definition) is 0. The fraction of sp³-hybridized carbons (Fsp3) is 0.929. The molecule has 0 unspecified atom stereocenters. The van der Waals surface area contributed by atoms with Crippen LogP contribution in [0.1, 0.15) is 124 Å². The summed E-state index contributed by atoms with van der Waals surface area (Å²) in [6.07, 6.45) is 18.0. The van der Waals surface area contributed by atoms with Crippen LogP contribution in [-0.2, 0) is 9.53 Å². The lowest BCUT2D eigenvalue weighted by Gasteiger charge is -2.40. The lowest BCUT2D eigenvalue weighted by Crippen LogP contribution is -2.45. The smallest absolute Gasteiger partial charge is 0.410 e. The molecule has 2 aliphatic heterocycles. The van der Waals surface area contributed by atoms with Gasteiger partial charge in [-0.15, -0.1) is 0 Å². The molecule has 0 N–H and O–H groups in total. The highest BCUT2D eigenvalue weighted by atomic mass is 16.6. The summed E-state index contributed by atoms with van der Waals surface area (Å²) < 4.78 is 5.52. The third kappa shape index (κ3) is 11.1. The van der Waals surface area contributed by atoms with Gasteiger partial charge in [-0.25, -0.2) is 4.79 Å². The van der Waals surface area contributed by atoms with E-state index in [4.69, 9.17) is 4.74 Å². The van der Waals surface area contributed by atoms with E-state index in [1.807, 2.05) is 25.7 Å². The molecule has 33 heavy (non-hydrogen) atoms. The van der Waals surface area contributed by atoms with Crippen molar-refractivity contribution >= 4 is 12.0 Å². The van der Waals surface area contributed by atoms with Gasteiger partial charge in [0.15, 0.2) is 0 Å². The van der Waals surface area contributed by atoms with Crippen LogP contribution in [-0.4, -0.2) is 53.6 Å². The summed E-state index contributed by atoms with van der Waals surface area (Å²) in [5, 5.41) is 0. The van der Waals surface area contributed by atoms with Crippen LogP contribution < -0.4 is 0 Å². The number of carbonyl (C=O) groups is 2. The third-order valence-electron chi connectivity index (χ3n) is 7.49. The molecule has 2 saturated heterocycles. The van der Waals surface area contributed by atoms with Crippen LogP contribution in [0.2, 0.25) is 0 Å². The Morgan fingerprint density at radius 3 is 1.58 bits per heavy atom. The van der Waals surface area contributed by atoms with Gasteiger partial charge in [0.25, 0.3) is 0 Å². The minimum Gasteiger partial charge on any atom is -0.444 e. The van der Waals surface area contributed by atoms with Crippen LogP contribution >= 0.6 is 0 Å². The van der Waals surface area contributed by atoms with E-state index in [1.54, 1.807) is 0 Å². The molecular weight excluding hydrogens is 412 g/mol. The number of nitrogens with zero attached hydrogens (tertiary/aromatic N) is 2. The number of rotatable bonds is 12. The summed E-state index contributed by atoms with van der Waals surface area (Å²) in [6, 6.07) is 0. The lowest BCUT2D eigenvalue weighted by molar-refractivity contribution is -0.133. The molecule has 2 amide bonds. The van der Waals surface area contributed by atoms with Crippen molar-refractivity contribution in [3.8, 4) is 0 Å². The van der Waals surface area contributed by atoms with E-state index in [1.165, 1.54) is 57.8 Å². The fourth-order valence-corrected chi connectivity index (χ4v) is 5.42. The van der Waals surface area contributed by atoms with Gasteiger partial charge < -0.3 is 14.5 Å².